The van der Waals surface area contributed by atoms with Gasteiger partial charge in [0.25, 0.3) is 0 Å². The van der Waals surface area contributed by atoms with E-state index < -0.39 is 24.3 Å². The first kappa shape index (κ1) is 18.7. The quantitative estimate of drug-likeness (QED) is 0.456. The molecule has 0 bridgehead atoms. The number of carbonyl (C=O) groups is 1. The normalized spacial score (nSPS) is 13.5. The maximum Gasteiger partial charge on any atom is 0.697 e. The molecule has 116 valence electrons. The molecule has 0 saturated carbocycles. The molecule has 2 amide bonds. The summed E-state index contributed by atoms with van der Waals surface area (Å²) in [4.78, 5) is 21.7. The van der Waals surface area contributed by atoms with Gasteiger partial charge in [-0.25, -0.2) is 4.79 Å². The number of hydrogen-bond acceptors (Lipinski definition) is 3. The molecule has 2 atom stereocenters. The van der Waals surface area contributed by atoms with Crippen LogP contribution in [0.15, 0.2) is 24.3 Å². The average molecular weight is 395 g/mol. The lowest BCUT2D eigenvalue weighted by atomic mass is 10.3. The van der Waals surface area contributed by atoms with Crippen molar-refractivity contribution in [2.24, 2.45) is 0 Å². The second kappa shape index (κ2) is 7.79. The molecule has 1 aromatic carbocycles. The molecule has 11 heteroatoms. The number of anilines is 1. The van der Waals surface area contributed by atoms with Crippen molar-refractivity contribution in [3.05, 3.63) is 29.3 Å². The van der Waals surface area contributed by atoms with Crippen LogP contribution in [0.1, 0.15) is 0 Å². The molecule has 6 nitrogen and oxygen atoms in total. The zero-order valence-corrected chi connectivity index (χ0v) is 14.4. The minimum Gasteiger partial charge on any atom is -0.308 e. The summed E-state index contributed by atoms with van der Waals surface area (Å²) in [5, 5.41) is 2.90. The number of amides is 2. The topological polar surface area (TPSA) is 78.9 Å². The Labute approximate surface area is 141 Å². The van der Waals surface area contributed by atoms with E-state index in [1.165, 1.54) is 13.1 Å². The number of rotatable bonds is 4. The Morgan fingerprint density at radius 1 is 1.48 bits per heavy atom. The summed E-state index contributed by atoms with van der Waals surface area (Å²) in [6.45, 7) is 0. The first-order valence-corrected chi connectivity index (χ1v) is 7.94. The molecular weight excluding hydrogens is 385 g/mol. The average Bonchev–Trinajstić information content (AvgIpc) is 2.33. The zero-order valence-electron chi connectivity index (χ0n) is 10.5. The van der Waals surface area contributed by atoms with Crippen molar-refractivity contribution in [2.75, 3.05) is 12.4 Å². The van der Waals surface area contributed by atoms with Gasteiger partial charge >= 0.3 is 14.3 Å². The minimum absolute atomic E-state index is 0.399. The maximum atomic E-state index is 12.0. The van der Waals surface area contributed by atoms with Crippen molar-refractivity contribution in [1.29, 1.82) is 0 Å². The van der Waals surface area contributed by atoms with Crippen LogP contribution in [0.2, 0.25) is 5.02 Å². The molecule has 2 N–H and O–H groups in total. The van der Waals surface area contributed by atoms with Crippen LogP contribution < -0.4 is 5.32 Å². The molecule has 0 fully saturated rings. The Kier molecular flexibility index (Phi) is 6.94. The summed E-state index contributed by atoms with van der Waals surface area (Å²) in [6, 6.07) is 5.64. The number of alkyl halides is 3. The first-order valence-electron chi connectivity index (χ1n) is 5.30. The SMILES string of the molecule is CN(C(=O)Nc1cccc(Cl)c1)C(O[P+](=O)O)C(Cl)(Cl)Cl. The fourth-order valence-corrected chi connectivity index (χ4v) is 2.74. The molecule has 21 heavy (non-hydrogen) atoms. The van der Waals surface area contributed by atoms with E-state index in [1.54, 1.807) is 18.2 Å². The van der Waals surface area contributed by atoms with Crippen molar-refractivity contribution >= 4 is 66.4 Å². The van der Waals surface area contributed by atoms with Crippen LogP contribution in [-0.2, 0) is 9.09 Å². The number of benzene rings is 1. The van der Waals surface area contributed by atoms with E-state index in [2.05, 4.69) is 9.84 Å². The molecule has 2 unspecified atom stereocenters. The summed E-state index contributed by atoms with van der Waals surface area (Å²) >= 11 is 22.7. The van der Waals surface area contributed by atoms with Crippen LogP contribution >= 0.6 is 54.7 Å². The van der Waals surface area contributed by atoms with Crippen LogP contribution in [0.3, 0.4) is 0 Å². The number of nitrogens with zero attached hydrogens (tertiary/aromatic N) is 1. The van der Waals surface area contributed by atoms with E-state index in [-0.39, 0.29) is 0 Å². The summed E-state index contributed by atoms with van der Waals surface area (Å²) < 4.78 is 13.2. The van der Waals surface area contributed by atoms with Crippen molar-refractivity contribution in [2.45, 2.75) is 10.0 Å². The Bertz CT molecular complexity index is 540. The highest BCUT2D eigenvalue weighted by atomic mass is 35.6. The van der Waals surface area contributed by atoms with Gasteiger partial charge in [-0.2, -0.15) is 0 Å². The van der Waals surface area contributed by atoms with Crippen molar-refractivity contribution in [1.82, 2.24) is 4.90 Å². The van der Waals surface area contributed by atoms with Gasteiger partial charge in [-0.1, -0.05) is 57.0 Å². The number of carbonyl (C=O) groups excluding carboxylic acids is 1. The Morgan fingerprint density at radius 2 is 2.10 bits per heavy atom. The Balaban J connectivity index is 2.85. The van der Waals surface area contributed by atoms with Crippen LogP contribution in [-0.4, -0.2) is 32.9 Å². The van der Waals surface area contributed by atoms with Crippen LogP contribution in [0, 0.1) is 0 Å². The van der Waals surface area contributed by atoms with E-state index >= 15 is 0 Å². The standard InChI is InChI=1S/C10H9Cl4N2O4P/c1-16(8(10(12,13)14)20-21(18)19)9(17)15-7-4-2-3-6(11)5-7/h2-5,8H,1H3,(H-,15,17,18,19)/p+1. The van der Waals surface area contributed by atoms with E-state index in [1.807, 2.05) is 0 Å². The summed E-state index contributed by atoms with van der Waals surface area (Å²) in [5.74, 6) is 0. The highest BCUT2D eigenvalue weighted by molar-refractivity contribution is 7.32. The first-order chi connectivity index (χ1) is 9.61. The fourth-order valence-electron chi connectivity index (χ4n) is 1.32. The van der Waals surface area contributed by atoms with Crippen LogP contribution in [0.4, 0.5) is 10.5 Å². The summed E-state index contributed by atoms with van der Waals surface area (Å²) in [6.07, 6.45) is -1.56. The second-order valence-electron chi connectivity index (χ2n) is 3.79. The highest BCUT2D eigenvalue weighted by Gasteiger charge is 2.45. The molecular formula is C10H10Cl4N2O4P+. The Hall–Kier alpha value is -0.330. The number of urea groups is 1. The molecule has 0 radical (unpaired) electrons. The van der Waals surface area contributed by atoms with Crippen molar-refractivity contribution in [3.8, 4) is 0 Å². The third-order valence-electron chi connectivity index (χ3n) is 2.22. The lowest BCUT2D eigenvalue weighted by Crippen LogP contribution is -2.47. The van der Waals surface area contributed by atoms with Gasteiger partial charge in [0, 0.05) is 22.3 Å². The molecule has 0 heterocycles. The summed E-state index contributed by atoms with van der Waals surface area (Å²) in [7, 11) is -1.83. The largest absolute Gasteiger partial charge is 0.697 e. The van der Waals surface area contributed by atoms with Crippen LogP contribution in [0.5, 0.6) is 0 Å². The molecule has 1 aromatic rings. The monoisotopic (exact) mass is 393 g/mol. The number of nitrogens with one attached hydrogen (secondary N) is 1. The second-order valence-corrected chi connectivity index (χ2v) is 7.28. The molecule has 0 aliphatic heterocycles. The van der Waals surface area contributed by atoms with Crippen molar-refractivity contribution in [3.63, 3.8) is 0 Å². The highest BCUT2D eigenvalue weighted by Crippen LogP contribution is 2.38. The van der Waals surface area contributed by atoms with Gasteiger partial charge in [-0.3, -0.25) is 4.90 Å². The lowest BCUT2D eigenvalue weighted by molar-refractivity contribution is 0.0731. The van der Waals surface area contributed by atoms with Crippen LogP contribution in [0.25, 0.3) is 0 Å². The predicted octanol–water partition coefficient (Wildman–Crippen LogP) is 4.17. The fraction of sp³-hybridized carbons (Fsp3) is 0.300. The number of halogens is 4. The minimum atomic E-state index is -3.07. The lowest BCUT2D eigenvalue weighted by Gasteiger charge is -2.28. The molecule has 0 aromatic heterocycles. The molecule has 0 aliphatic carbocycles. The number of hydrogen-bond donors (Lipinski definition) is 2. The third kappa shape index (κ3) is 6.12. The van der Waals surface area contributed by atoms with Gasteiger partial charge in [0.05, 0.1) is 0 Å². The molecule has 0 aliphatic rings. The van der Waals surface area contributed by atoms with Gasteiger partial charge in [0.15, 0.2) is 0 Å². The smallest absolute Gasteiger partial charge is 0.308 e. The summed E-state index contributed by atoms with van der Waals surface area (Å²) in [5.41, 5.74) is 0.399. The van der Waals surface area contributed by atoms with E-state index in [9.17, 15) is 9.36 Å². The van der Waals surface area contributed by atoms with Gasteiger partial charge < -0.3 is 5.32 Å². The van der Waals surface area contributed by atoms with Gasteiger partial charge in [-0.05, 0) is 18.2 Å². The van der Waals surface area contributed by atoms with Gasteiger partial charge in [0.2, 0.25) is 10.0 Å². The van der Waals surface area contributed by atoms with E-state index in [0.717, 1.165) is 4.90 Å². The molecule has 0 spiro atoms. The molecule has 1 rings (SSSR count). The third-order valence-corrected chi connectivity index (χ3v) is 3.39. The predicted molar refractivity (Wildman–Crippen MR) is 83.2 cm³/mol. The Morgan fingerprint density at radius 3 is 2.57 bits per heavy atom. The van der Waals surface area contributed by atoms with Gasteiger partial charge in [-0.15, -0.1) is 4.89 Å². The van der Waals surface area contributed by atoms with Gasteiger partial charge in [0.1, 0.15) is 0 Å². The molecule has 0 saturated heterocycles. The van der Waals surface area contributed by atoms with E-state index in [4.69, 9.17) is 51.3 Å². The van der Waals surface area contributed by atoms with Crippen molar-refractivity contribution < 1.29 is 18.8 Å². The van der Waals surface area contributed by atoms with E-state index in [0.29, 0.717) is 10.7 Å². The zero-order chi connectivity index (χ0) is 16.2. The maximum absolute atomic E-state index is 12.0.